The molecule has 0 aliphatic carbocycles. The highest BCUT2D eigenvalue weighted by Crippen LogP contribution is 2.28. The number of alkyl halides is 3. The van der Waals surface area contributed by atoms with Crippen LogP contribution in [-0.4, -0.2) is 17.2 Å². The molecule has 88 valence electrons. The predicted molar refractivity (Wildman–Crippen MR) is 55.6 cm³/mol. The fourth-order valence-corrected chi connectivity index (χ4v) is 2.10. The van der Waals surface area contributed by atoms with Gasteiger partial charge < -0.3 is 5.32 Å². The molecule has 16 heavy (non-hydrogen) atoms. The SMILES string of the molecule is CC(CC(F)(F)F)Nc1nc(Cl)c(C#N)s1. The van der Waals surface area contributed by atoms with E-state index >= 15 is 0 Å². The Morgan fingerprint density at radius 3 is 2.69 bits per heavy atom. The summed E-state index contributed by atoms with van der Waals surface area (Å²) in [6.45, 7) is 1.38. The van der Waals surface area contributed by atoms with Crippen LogP contribution in [0.15, 0.2) is 0 Å². The zero-order valence-electron chi connectivity index (χ0n) is 8.10. The van der Waals surface area contributed by atoms with E-state index in [1.165, 1.54) is 6.92 Å². The molecule has 0 radical (unpaired) electrons. The number of halogens is 4. The van der Waals surface area contributed by atoms with Gasteiger partial charge in [-0.05, 0) is 6.92 Å². The van der Waals surface area contributed by atoms with E-state index in [1.807, 2.05) is 0 Å². The van der Waals surface area contributed by atoms with Crippen molar-refractivity contribution in [3.63, 3.8) is 0 Å². The number of thiazole rings is 1. The van der Waals surface area contributed by atoms with Crippen LogP contribution in [0.3, 0.4) is 0 Å². The van der Waals surface area contributed by atoms with Crippen LogP contribution < -0.4 is 5.32 Å². The third-order valence-electron chi connectivity index (χ3n) is 1.59. The Balaban J connectivity index is 2.64. The van der Waals surface area contributed by atoms with Crippen molar-refractivity contribution in [2.75, 3.05) is 5.32 Å². The first-order chi connectivity index (χ1) is 7.31. The first-order valence-corrected chi connectivity index (χ1v) is 5.41. The standard InChI is InChI=1S/C8H7ClF3N3S/c1-4(2-8(10,11)12)14-7-15-6(9)5(3-13)16-7/h4H,2H2,1H3,(H,14,15). The van der Waals surface area contributed by atoms with Gasteiger partial charge in [0.05, 0.1) is 6.42 Å². The maximum Gasteiger partial charge on any atom is 0.391 e. The zero-order valence-corrected chi connectivity index (χ0v) is 9.67. The Hall–Kier alpha value is -1.00. The van der Waals surface area contributed by atoms with Crippen molar-refractivity contribution in [3.8, 4) is 6.07 Å². The maximum atomic E-state index is 12.0. The second-order valence-corrected chi connectivity index (χ2v) is 4.47. The average Bonchev–Trinajstić information content (AvgIpc) is 2.42. The molecule has 1 heterocycles. The third kappa shape index (κ3) is 3.87. The molecule has 0 bridgehead atoms. The van der Waals surface area contributed by atoms with Gasteiger partial charge in [-0.3, -0.25) is 0 Å². The number of hydrogen-bond donors (Lipinski definition) is 1. The molecule has 1 rings (SSSR count). The lowest BCUT2D eigenvalue weighted by atomic mass is 10.2. The van der Waals surface area contributed by atoms with Crippen LogP contribution in [0.4, 0.5) is 18.3 Å². The van der Waals surface area contributed by atoms with Crippen molar-refractivity contribution in [3.05, 3.63) is 10.0 Å². The first kappa shape index (κ1) is 13.1. The summed E-state index contributed by atoms with van der Waals surface area (Å²) in [5, 5.41) is 11.4. The molecule has 1 aromatic heterocycles. The number of aromatic nitrogens is 1. The van der Waals surface area contributed by atoms with Gasteiger partial charge >= 0.3 is 6.18 Å². The predicted octanol–water partition coefficient (Wildman–Crippen LogP) is 3.42. The lowest BCUT2D eigenvalue weighted by Gasteiger charge is -2.14. The lowest BCUT2D eigenvalue weighted by molar-refractivity contribution is -0.136. The Bertz CT molecular complexity index is 410. The van der Waals surface area contributed by atoms with Gasteiger partial charge in [0.15, 0.2) is 10.3 Å². The molecule has 0 saturated heterocycles. The van der Waals surface area contributed by atoms with Gasteiger partial charge in [-0.1, -0.05) is 22.9 Å². The van der Waals surface area contributed by atoms with Crippen LogP contribution in [0.1, 0.15) is 18.2 Å². The summed E-state index contributed by atoms with van der Waals surface area (Å²) in [5.41, 5.74) is 0. The van der Waals surface area contributed by atoms with E-state index in [9.17, 15) is 13.2 Å². The number of nitrogens with zero attached hydrogens (tertiary/aromatic N) is 2. The van der Waals surface area contributed by atoms with Gasteiger partial charge in [-0.15, -0.1) is 0 Å². The molecule has 0 aliphatic rings. The molecule has 1 aromatic rings. The lowest BCUT2D eigenvalue weighted by Crippen LogP contribution is -2.23. The molecule has 1 N–H and O–H groups in total. The summed E-state index contributed by atoms with van der Waals surface area (Å²) in [4.78, 5) is 3.92. The van der Waals surface area contributed by atoms with Crippen LogP contribution in [-0.2, 0) is 0 Å². The number of rotatable bonds is 3. The van der Waals surface area contributed by atoms with Crippen molar-refractivity contribution >= 4 is 28.1 Å². The van der Waals surface area contributed by atoms with Gasteiger partial charge in [0.25, 0.3) is 0 Å². The van der Waals surface area contributed by atoms with E-state index in [4.69, 9.17) is 16.9 Å². The maximum absolute atomic E-state index is 12.0. The summed E-state index contributed by atoms with van der Waals surface area (Å²) < 4.78 is 36.1. The molecule has 1 unspecified atom stereocenters. The summed E-state index contributed by atoms with van der Waals surface area (Å²) in [7, 11) is 0. The third-order valence-corrected chi connectivity index (χ3v) is 2.87. The highest BCUT2D eigenvalue weighted by molar-refractivity contribution is 7.16. The Kier molecular flexibility index (Phi) is 3.99. The molecule has 0 fully saturated rings. The first-order valence-electron chi connectivity index (χ1n) is 4.21. The van der Waals surface area contributed by atoms with Crippen LogP contribution in [0.5, 0.6) is 0 Å². The summed E-state index contributed by atoms with van der Waals surface area (Å²) >= 11 is 6.51. The molecule has 0 aliphatic heterocycles. The van der Waals surface area contributed by atoms with E-state index in [0.717, 1.165) is 11.3 Å². The topological polar surface area (TPSA) is 48.7 Å². The van der Waals surface area contributed by atoms with Gasteiger partial charge in [-0.2, -0.15) is 18.4 Å². The van der Waals surface area contributed by atoms with Crippen molar-refractivity contribution in [1.82, 2.24) is 4.98 Å². The van der Waals surface area contributed by atoms with Crippen molar-refractivity contribution in [2.45, 2.75) is 25.6 Å². The molecular weight excluding hydrogens is 263 g/mol. The van der Waals surface area contributed by atoms with E-state index in [0.29, 0.717) is 0 Å². The minimum Gasteiger partial charge on any atom is -0.359 e. The molecule has 0 saturated carbocycles. The highest BCUT2D eigenvalue weighted by Gasteiger charge is 2.30. The molecule has 1 atom stereocenters. The van der Waals surface area contributed by atoms with Gasteiger partial charge in [-0.25, -0.2) is 4.98 Å². The number of nitrogens with one attached hydrogen (secondary N) is 1. The quantitative estimate of drug-likeness (QED) is 0.915. The minimum absolute atomic E-state index is 0.00853. The molecule has 0 spiro atoms. The van der Waals surface area contributed by atoms with Crippen LogP contribution in [0.25, 0.3) is 0 Å². The van der Waals surface area contributed by atoms with Gasteiger partial charge in [0.2, 0.25) is 0 Å². The van der Waals surface area contributed by atoms with E-state index in [-0.39, 0.29) is 15.2 Å². The number of nitriles is 1. The van der Waals surface area contributed by atoms with Gasteiger partial charge in [0.1, 0.15) is 10.9 Å². The molecule has 8 heteroatoms. The summed E-state index contributed by atoms with van der Waals surface area (Å²) in [5.74, 6) is 0. The zero-order chi connectivity index (χ0) is 12.3. The van der Waals surface area contributed by atoms with E-state index in [2.05, 4.69) is 10.3 Å². The second-order valence-electron chi connectivity index (χ2n) is 3.12. The van der Waals surface area contributed by atoms with E-state index in [1.54, 1.807) is 6.07 Å². The van der Waals surface area contributed by atoms with Gasteiger partial charge in [0, 0.05) is 6.04 Å². The molecule has 0 aromatic carbocycles. The van der Waals surface area contributed by atoms with Crippen molar-refractivity contribution in [2.24, 2.45) is 0 Å². The van der Waals surface area contributed by atoms with Crippen LogP contribution >= 0.6 is 22.9 Å². The molecule has 0 amide bonds. The summed E-state index contributed by atoms with van der Waals surface area (Å²) in [6, 6.07) is 0.988. The number of hydrogen-bond acceptors (Lipinski definition) is 4. The fourth-order valence-electron chi connectivity index (χ4n) is 1.04. The minimum atomic E-state index is -4.23. The Morgan fingerprint density at radius 1 is 1.62 bits per heavy atom. The second kappa shape index (κ2) is 4.89. The monoisotopic (exact) mass is 269 g/mol. The van der Waals surface area contributed by atoms with Crippen LogP contribution in [0, 0.1) is 11.3 Å². The largest absolute Gasteiger partial charge is 0.391 e. The molecular formula is C8H7ClF3N3S. The van der Waals surface area contributed by atoms with E-state index < -0.39 is 18.6 Å². The van der Waals surface area contributed by atoms with Crippen molar-refractivity contribution in [1.29, 1.82) is 5.26 Å². The highest BCUT2D eigenvalue weighted by atomic mass is 35.5. The smallest absolute Gasteiger partial charge is 0.359 e. The van der Waals surface area contributed by atoms with Crippen LogP contribution in [0.2, 0.25) is 5.15 Å². The molecule has 3 nitrogen and oxygen atoms in total. The average molecular weight is 270 g/mol. The fraction of sp³-hybridized carbons (Fsp3) is 0.500. The summed E-state index contributed by atoms with van der Waals surface area (Å²) in [6.07, 6.45) is -5.20. The Labute approximate surface area is 98.9 Å². The normalized spacial score (nSPS) is 13.2. The number of anilines is 1. The Morgan fingerprint density at radius 2 is 2.25 bits per heavy atom. The van der Waals surface area contributed by atoms with Crippen molar-refractivity contribution < 1.29 is 13.2 Å².